The van der Waals surface area contributed by atoms with Crippen LogP contribution >= 0.6 is 0 Å². The van der Waals surface area contributed by atoms with Crippen LogP contribution in [0.2, 0.25) is 0 Å². The first-order valence-corrected chi connectivity index (χ1v) is 7.14. The highest BCUT2D eigenvalue weighted by Gasteiger charge is 2.14. The molecule has 0 aliphatic heterocycles. The van der Waals surface area contributed by atoms with E-state index in [-0.39, 0.29) is 23.2 Å². The van der Waals surface area contributed by atoms with Crippen LogP contribution in [0.5, 0.6) is 11.5 Å². The Morgan fingerprint density at radius 2 is 1.56 bits per heavy atom. The zero-order valence-corrected chi connectivity index (χ0v) is 12.9. The van der Waals surface area contributed by atoms with Crippen molar-refractivity contribution < 1.29 is 10.2 Å². The molecule has 0 saturated heterocycles. The van der Waals surface area contributed by atoms with Gasteiger partial charge in [-0.25, -0.2) is 4.68 Å². The highest BCUT2D eigenvalue weighted by Crippen LogP contribution is 2.30. The van der Waals surface area contributed by atoms with Crippen LogP contribution in [0, 0.1) is 10.8 Å². The lowest BCUT2D eigenvalue weighted by molar-refractivity contribution is 0.469. The number of rotatable bonds is 4. The number of nitrogens with two attached hydrogens (primary N) is 2. The van der Waals surface area contributed by atoms with Gasteiger partial charge in [-0.2, -0.15) is 0 Å². The van der Waals surface area contributed by atoms with Crippen molar-refractivity contribution in [2.75, 3.05) is 0 Å². The second-order valence-electron chi connectivity index (χ2n) is 5.31. The number of amidine groups is 2. The number of nitrogen functional groups attached to an aromatic ring is 2. The van der Waals surface area contributed by atoms with Crippen molar-refractivity contribution >= 4 is 11.7 Å². The highest BCUT2D eigenvalue weighted by atomic mass is 16.3. The van der Waals surface area contributed by atoms with Crippen molar-refractivity contribution in [3.63, 3.8) is 0 Å². The molecule has 0 unspecified atom stereocenters. The molecule has 3 rings (SSSR count). The van der Waals surface area contributed by atoms with E-state index in [1.54, 1.807) is 12.1 Å². The van der Waals surface area contributed by atoms with Gasteiger partial charge in [-0.3, -0.25) is 10.8 Å². The molecule has 0 aliphatic rings. The standard InChI is InChI=1S/C16H15N7O2/c17-15(18)8-2-4-13(24)10(5-8)11-7-23(22-21-11)12-3-1-9(16(19)20)6-14(12)25/h1-7,24-25H,(H3,17,18)(H3,19,20). The summed E-state index contributed by atoms with van der Waals surface area (Å²) in [5, 5.41) is 42.9. The van der Waals surface area contributed by atoms with Gasteiger partial charge in [0.05, 0.1) is 6.20 Å². The molecule has 0 amide bonds. The molecule has 0 saturated carbocycles. The van der Waals surface area contributed by atoms with Gasteiger partial charge in [-0.15, -0.1) is 5.10 Å². The molecule has 0 atom stereocenters. The minimum atomic E-state index is -0.160. The minimum absolute atomic E-state index is 0.0341. The van der Waals surface area contributed by atoms with Gasteiger partial charge in [0.25, 0.3) is 0 Å². The molecule has 9 nitrogen and oxygen atoms in total. The van der Waals surface area contributed by atoms with Crippen molar-refractivity contribution in [1.29, 1.82) is 10.8 Å². The topological polar surface area (TPSA) is 171 Å². The maximum absolute atomic E-state index is 10.1. The van der Waals surface area contributed by atoms with Gasteiger partial charge >= 0.3 is 0 Å². The average molecular weight is 337 g/mol. The normalized spacial score (nSPS) is 10.6. The molecule has 2 aromatic carbocycles. The lowest BCUT2D eigenvalue weighted by Gasteiger charge is -2.06. The number of aromatic hydroxyl groups is 2. The summed E-state index contributed by atoms with van der Waals surface area (Å²) in [6.45, 7) is 0. The summed E-state index contributed by atoms with van der Waals surface area (Å²) in [6, 6.07) is 8.96. The monoisotopic (exact) mass is 337 g/mol. The Morgan fingerprint density at radius 1 is 0.920 bits per heavy atom. The maximum atomic E-state index is 10.1. The second-order valence-corrected chi connectivity index (χ2v) is 5.31. The lowest BCUT2D eigenvalue weighted by Crippen LogP contribution is -2.11. The fourth-order valence-corrected chi connectivity index (χ4v) is 2.30. The molecular weight excluding hydrogens is 322 g/mol. The zero-order valence-electron chi connectivity index (χ0n) is 12.9. The number of hydrogen-bond acceptors (Lipinski definition) is 6. The number of aromatic nitrogens is 3. The Morgan fingerprint density at radius 3 is 2.20 bits per heavy atom. The summed E-state index contributed by atoms with van der Waals surface area (Å²) in [6.07, 6.45) is 1.52. The van der Waals surface area contributed by atoms with Crippen LogP contribution in [0.1, 0.15) is 11.1 Å². The first-order chi connectivity index (χ1) is 11.9. The van der Waals surface area contributed by atoms with E-state index in [0.717, 1.165) is 0 Å². The second kappa shape index (κ2) is 5.96. The smallest absolute Gasteiger partial charge is 0.142 e. The van der Waals surface area contributed by atoms with Gasteiger partial charge in [0.15, 0.2) is 0 Å². The van der Waals surface area contributed by atoms with Crippen LogP contribution in [0.3, 0.4) is 0 Å². The molecular formula is C16H15N7O2. The first-order valence-electron chi connectivity index (χ1n) is 7.14. The Bertz CT molecular complexity index is 994. The van der Waals surface area contributed by atoms with E-state index in [9.17, 15) is 10.2 Å². The quantitative estimate of drug-likeness (QED) is 0.305. The minimum Gasteiger partial charge on any atom is -0.507 e. The van der Waals surface area contributed by atoms with Crippen molar-refractivity contribution in [3.8, 4) is 28.4 Å². The number of phenols is 2. The van der Waals surface area contributed by atoms with Crippen molar-refractivity contribution in [3.05, 3.63) is 53.7 Å². The lowest BCUT2D eigenvalue weighted by atomic mass is 10.1. The van der Waals surface area contributed by atoms with Crippen molar-refractivity contribution in [2.24, 2.45) is 11.5 Å². The third-order valence-corrected chi connectivity index (χ3v) is 3.61. The van der Waals surface area contributed by atoms with E-state index < -0.39 is 0 Å². The molecule has 9 heteroatoms. The summed E-state index contributed by atoms with van der Waals surface area (Å²) in [5.74, 6) is -0.447. The Balaban J connectivity index is 2.03. The summed E-state index contributed by atoms with van der Waals surface area (Å²) in [7, 11) is 0. The van der Waals surface area contributed by atoms with Crippen LogP contribution in [-0.2, 0) is 0 Å². The molecule has 25 heavy (non-hydrogen) atoms. The van der Waals surface area contributed by atoms with Gasteiger partial charge in [0.1, 0.15) is 34.6 Å². The Labute approximate surface area is 142 Å². The van der Waals surface area contributed by atoms with Crippen LogP contribution < -0.4 is 11.5 Å². The first kappa shape index (κ1) is 16.0. The number of nitrogens with zero attached hydrogens (tertiary/aromatic N) is 3. The van der Waals surface area contributed by atoms with Crippen molar-refractivity contribution in [1.82, 2.24) is 15.0 Å². The van der Waals surface area contributed by atoms with Crippen LogP contribution in [-0.4, -0.2) is 36.9 Å². The molecule has 0 radical (unpaired) electrons. The molecule has 126 valence electrons. The van der Waals surface area contributed by atoms with Crippen LogP contribution in [0.15, 0.2) is 42.6 Å². The zero-order chi connectivity index (χ0) is 18.1. The van der Waals surface area contributed by atoms with Gasteiger partial charge < -0.3 is 21.7 Å². The number of benzene rings is 2. The fraction of sp³-hybridized carbons (Fsp3) is 0. The van der Waals surface area contributed by atoms with E-state index in [0.29, 0.717) is 28.1 Å². The Hall–Kier alpha value is -3.88. The van der Waals surface area contributed by atoms with E-state index in [4.69, 9.17) is 22.3 Å². The SMILES string of the molecule is N=C(N)c1ccc(-n2cc(-c3cc(C(=N)N)ccc3O)nn2)c(O)c1. The van der Waals surface area contributed by atoms with Gasteiger partial charge in [0, 0.05) is 16.7 Å². The van der Waals surface area contributed by atoms with Crippen LogP contribution in [0.25, 0.3) is 16.9 Å². The largest absolute Gasteiger partial charge is 0.507 e. The van der Waals surface area contributed by atoms with Crippen LogP contribution in [0.4, 0.5) is 0 Å². The Kier molecular flexibility index (Phi) is 3.82. The number of hydrogen-bond donors (Lipinski definition) is 6. The maximum Gasteiger partial charge on any atom is 0.142 e. The van der Waals surface area contributed by atoms with Gasteiger partial charge in [0.2, 0.25) is 0 Å². The number of phenolic OH excluding ortho intramolecular Hbond substituents is 2. The number of nitrogens with one attached hydrogen (secondary N) is 2. The van der Waals surface area contributed by atoms with Crippen molar-refractivity contribution in [2.45, 2.75) is 0 Å². The highest BCUT2D eigenvalue weighted by molar-refractivity contribution is 5.96. The molecule has 1 aromatic heterocycles. The van der Waals surface area contributed by atoms with Gasteiger partial charge in [-0.05, 0) is 36.4 Å². The summed E-state index contributed by atoms with van der Waals surface area (Å²) in [4.78, 5) is 0. The van der Waals surface area contributed by atoms with E-state index in [2.05, 4.69) is 10.3 Å². The third kappa shape index (κ3) is 2.98. The van der Waals surface area contributed by atoms with E-state index in [1.165, 1.54) is 35.1 Å². The predicted octanol–water partition coefficient (Wildman–Crippen LogP) is 0.914. The van der Waals surface area contributed by atoms with E-state index in [1.807, 2.05) is 0 Å². The summed E-state index contributed by atoms with van der Waals surface area (Å²) >= 11 is 0. The summed E-state index contributed by atoms with van der Waals surface area (Å²) < 4.78 is 1.33. The molecule has 0 aliphatic carbocycles. The molecule has 1 heterocycles. The summed E-state index contributed by atoms with van der Waals surface area (Å²) in [5.41, 5.74) is 12.7. The molecule has 0 spiro atoms. The van der Waals surface area contributed by atoms with E-state index >= 15 is 0 Å². The molecule has 8 N–H and O–H groups in total. The molecule has 3 aromatic rings. The third-order valence-electron chi connectivity index (χ3n) is 3.61. The van der Waals surface area contributed by atoms with Gasteiger partial charge in [-0.1, -0.05) is 5.21 Å². The molecule has 0 fully saturated rings. The fourth-order valence-electron chi connectivity index (χ4n) is 2.30. The predicted molar refractivity (Wildman–Crippen MR) is 92.2 cm³/mol. The molecule has 0 bridgehead atoms. The average Bonchev–Trinajstić information content (AvgIpc) is 3.04.